The number of benzene rings is 1. The van der Waals surface area contributed by atoms with E-state index >= 15 is 0 Å². The first-order chi connectivity index (χ1) is 19.5. The van der Waals surface area contributed by atoms with Crippen molar-refractivity contribution in [2.45, 2.75) is 52.1 Å². The lowest BCUT2D eigenvalue weighted by Crippen LogP contribution is -2.45. The molecule has 218 valence electrons. The summed E-state index contributed by atoms with van der Waals surface area (Å²) in [6.45, 7) is 8.02. The second-order valence-corrected chi connectivity index (χ2v) is 11.0. The first kappa shape index (κ1) is 31.5. The summed E-state index contributed by atoms with van der Waals surface area (Å²) < 4.78 is 7.25. The molecule has 11 heteroatoms. The number of carbonyl (C=O) groups excluding carboxylic acids is 4. The molecule has 0 saturated carbocycles. The van der Waals surface area contributed by atoms with E-state index < -0.39 is 35.1 Å². The van der Waals surface area contributed by atoms with Gasteiger partial charge in [0.15, 0.2) is 5.76 Å². The van der Waals surface area contributed by atoms with Gasteiger partial charge in [-0.15, -0.1) is 6.58 Å². The zero-order valence-corrected chi connectivity index (χ0v) is 25.0. The number of allylic oxidation sites excluding steroid dienone is 1. The maximum absolute atomic E-state index is 13.4. The number of Topliss-reactive ketones (excluding diaryl/α,β-unsaturated/α-hetero) is 1. The van der Waals surface area contributed by atoms with Crippen LogP contribution in [0.5, 0.6) is 0 Å². The van der Waals surface area contributed by atoms with Crippen LogP contribution in [0.15, 0.2) is 64.5 Å². The minimum absolute atomic E-state index is 0.0223. The fourth-order valence-corrected chi connectivity index (χ4v) is 5.58. The number of anilines is 1. The topological polar surface area (TPSA) is 140 Å². The van der Waals surface area contributed by atoms with E-state index in [0.29, 0.717) is 24.1 Å². The van der Waals surface area contributed by atoms with Crippen molar-refractivity contribution in [2.24, 2.45) is 5.41 Å². The van der Waals surface area contributed by atoms with E-state index in [2.05, 4.69) is 45.4 Å². The molecular formula is C30H35BrN4O6. The second-order valence-electron chi connectivity index (χ2n) is 10.2. The van der Waals surface area contributed by atoms with Crippen LogP contribution in [0.25, 0.3) is 11.0 Å². The Bertz CT molecular complexity index is 1510. The average Bonchev–Trinajstić information content (AvgIpc) is 3.29. The van der Waals surface area contributed by atoms with Crippen LogP contribution < -0.4 is 21.5 Å². The van der Waals surface area contributed by atoms with Gasteiger partial charge in [0.2, 0.25) is 11.7 Å². The van der Waals surface area contributed by atoms with Crippen LogP contribution >= 0.6 is 15.9 Å². The van der Waals surface area contributed by atoms with E-state index in [1.54, 1.807) is 31.3 Å². The molecule has 3 N–H and O–H groups in total. The first-order valence-corrected chi connectivity index (χ1v) is 14.4. The number of carbonyl (C=O) groups is 4. The second kappa shape index (κ2) is 14.1. The van der Waals surface area contributed by atoms with Crippen molar-refractivity contribution >= 4 is 56.1 Å². The zero-order valence-electron chi connectivity index (χ0n) is 23.4. The summed E-state index contributed by atoms with van der Waals surface area (Å²) in [6.07, 6.45) is 4.48. The highest BCUT2D eigenvalue weighted by Gasteiger charge is 2.28. The third-order valence-electron chi connectivity index (χ3n) is 6.98. The molecule has 0 spiro atoms. The number of pyridine rings is 1. The normalized spacial score (nSPS) is 13.2. The van der Waals surface area contributed by atoms with Crippen LogP contribution in [0.2, 0.25) is 0 Å². The lowest BCUT2D eigenvalue weighted by atomic mass is 9.84. The number of halogens is 1. The zero-order chi connectivity index (χ0) is 30.2. The van der Waals surface area contributed by atoms with E-state index in [1.165, 1.54) is 17.7 Å². The highest BCUT2D eigenvalue weighted by atomic mass is 79.9. The summed E-state index contributed by atoms with van der Waals surface area (Å²) in [6, 6.07) is 9.03. The van der Waals surface area contributed by atoms with Crippen LogP contribution in [0.3, 0.4) is 0 Å². The van der Waals surface area contributed by atoms with Crippen molar-refractivity contribution in [2.75, 3.05) is 17.7 Å². The largest absolute Gasteiger partial charge is 0.451 e. The van der Waals surface area contributed by atoms with Gasteiger partial charge in [0.25, 0.3) is 17.4 Å². The summed E-state index contributed by atoms with van der Waals surface area (Å²) >= 11 is 3.47. The molecule has 0 aliphatic carbocycles. The number of aryl methyl sites for hydroxylation is 1. The minimum atomic E-state index is -1.24. The number of alkyl halides is 1. The van der Waals surface area contributed by atoms with E-state index in [-0.39, 0.29) is 29.7 Å². The number of amides is 3. The number of furan rings is 1. The number of likely N-dealkylation sites (N-methyl/N-ethyl adjacent to an activating group) is 1. The van der Waals surface area contributed by atoms with Crippen LogP contribution in [-0.2, 0) is 20.9 Å². The summed E-state index contributed by atoms with van der Waals surface area (Å²) in [4.78, 5) is 63.8. The molecule has 41 heavy (non-hydrogen) atoms. The highest BCUT2D eigenvalue weighted by Crippen LogP contribution is 2.29. The quantitative estimate of drug-likeness (QED) is 0.140. The Morgan fingerprint density at radius 1 is 1.17 bits per heavy atom. The summed E-state index contributed by atoms with van der Waals surface area (Å²) in [5.74, 6) is -2.89. The Morgan fingerprint density at radius 2 is 1.90 bits per heavy atom. The van der Waals surface area contributed by atoms with Gasteiger partial charge in [-0.05, 0) is 49.8 Å². The number of nitrogens with zero attached hydrogens (tertiary/aromatic N) is 1. The Hall–Kier alpha value is -3.99. The summed E-state index contributed by atoms with van der Waals surface area (Å²) in [5.41, 5.74) is 0.480. The van der Waals surface area contributed by atoms with E-state index in [0.717, 1.165) is 17.1 Å². The molecule has 2 atom stereocenters. The minimum Gasteiger partial charge on any atom is -0.451 e. The fraction of sp³-hybridized carbons (Fsp3) is 0.367. The molecule has 3 rings (SSSR count). The molecule has 0 aliphatic rings. The number of rotatable bonds is 14. The molecule has 10 nitrogen and oxygen atoms in total. The standard InChI is InChI=1S/C30H35BrN4O6/c1-5-14-30(3,15-16-31)18-35-17-8-10-22(29(35)40)34-26(37)21(12-13-23(36)27(38)32-4)33-28(39)25-19(2)20-9-6-7-11-24(20)41-25/h5-11,17,21H,1,12-16,18H2,2-4H3,(H,32,38)(H,33,39)(H,34,37). The first-order valence-electron chi connectivity index (χ1n) is 13.2. The Kier molecular flexibility index (Phi) is 10.8. The molecule has 2 heterocycles. The molecule has 2 aromatic heterocycles. The lowest BCUT2D eigenvalue weighted by molar-refractivity contribution is -0.137. The summed E-state index contributed by atoms with van der Waals surface area (Å²) in [5, 5.41) is 8.98. The van der Waals surface area contributed by atoms with Crippen molar-refractivity contribution < 1.29 is 23.6 Å². The van der Waals surface area contributed by atoms with Gasteiger partial charge in [-0.1, -0.05) is 47.1 Å². The number of fused-ring (bicyclic) bond motifs is 1. The van der Waals surface area contributed by atoms with Crippen molar-refractivity contribution in [1.82, 2.24) is 15.2 Å². The highest BCUT2D eigenvalue weighted by molar-refractivity contribution is 9.09. The maximum atomic E-state index is 13.4. The van der Waals surface area contributed by atoms with E-state index in [9.17, 15) is 24.0 Å². The number of nitrogens with one attached hydrogen (secondary N) is 3. The monoisotopic (exact) mass is 626 g/mol. The van der Waals surface area contributed by atoms with Gasteiger partial charge in [0.1, 0.15) is 17.3 Å². The van der Waals surface area contributed by atoms with Gasteiger partial charge in [-0.25, -0.2) is 0 Å². The van der Waals surface area contributed by atoms with Crippen molar-refractivity contribution in [1.29, 1.82) is 0 Å². The molecular weight excluding hydrogens is 592 g/mol. The third kappa shape index (κ3) is 7.81. The molecule has 1 aromatic carbocycles. The van der Waals surface area contributed by atoms with Crippen molar-refractivity contribution in [3.8, 4) is 0 Å². The van der Waals surface area contributed by atoms with Gasteiger partial charge in [-0.2, -0.15) is 0 Å². The molecule has 2 unspecified atom stereocenters. The fourth-order valence-electron chi connectivity index (χ4n) is 4.62. The van der Waals surface area contributed by atoms with E-state index in [4.69, 9.17) is 4.42 Å². The van der Waals surface area contributed by atoms with Gasteiger partial charge in [0, 0.05) is 42.5 Å². The number of hydrogen-bond acceptors (Lipinski definition) is 6. The predicted molar refractivity (Wildman–Crippen MR) is 161 cm³/mol. The van der Waals surface area contributed by atoms with Crippen molar-refractivity contribution in [3.63, 3.8) is 0 Å². The molecule has 0 aliphatic heterocycles. The number of hydrogen-bond donors (Lipinski definition) is 3. The SMILES string of the molecule is C=CCC(C)(CCBr)Cn1cccc(NC(=O)C(CCC(=O)C(=O)NC)NC(=O)c2oc3ccccc3c2C)c1=O. The number of ketones is 1. The van der Waals surface area contributed by atoms with E-state index in [1.807, 2.05) is 18.2 Å². The predicted octanol–water partition coefficient (Wildman–Crippen LogP) is 4.10. The van der Waals surface area contributed by atoms with Crippen molar-refractivity contribution in [3.05, 3.63) is 76.9 Å². The van der Waals surface area contributed by atoms with Crippen LogP contribution in [0.4, 0.5) is 5.69 Å². The third-order valence-corrected chi connectivity index (χ3v) is 7.37. The Balaban J connectivity index is 1.86. The van der Waals surface area contributed by atoms with Gasteiger partial charge >= 0.3 is 0 Å². The molecule has 3 aromatic rings. The Morgan fingerprint density at radius 3 is 2.56 bits per heavy atom. The van der Waals surface area contributed by atoms with Gasteiger partial charge < -0.3 is 24.9 Å². The maximum Gasteiger partial charge on any atom is 0.287 e. The molecule has 3 amide bonds. The smallest absolute Gasteiger partial charge is 0.287 e. The van der Waals surface area contributed by atoms with Crippen LogP contribution in [0.1, 0.15) is 48.7 Å². The lowest BCUT2D eigenvalue weighted by Gasteiger charge is -2.28. The van der Waals surface area contributed by atoms with Gasteiger partial charge in [-0.3, -0.25) is 24.0 Å². The number of aromatic nitrogens is 1. The summed E-state index contributed by atoms with van der Waals surface area (Å²) in [7, 11) is 1.33. The number of para-hydroxylation sites is 1. The van der Waals surface area contributed by atoms with Crippen LogP contribution in [-0.4, -0.2) is 46.5 Å². The van der Waals surface area contributed by atoms with Gasteiger partial charge in [0.05, 0.1) is 0 Å². The average molecular weight is 628 g/mol. The molecule has 0 radical (unpaired) electrons. The molecule has 0 saturated heterocycles. The molecule has 0 bridgehead atoms. The van der Waals surface area contributed by atoms with Crippen LogP contribution in [0, 0.1) is 12.3 Å². The molecule has 0 fully saturated rings. The Labute approximate surface area is 246 Å².